The van der Waals surface area contributed by atoms with Crippen molar-refractivity contribution >= 4 is 49.7 Å². The van der Waals surface area contributed by atoms with Crippen LogP contribution in [-0.4, -0.2) is 32.1 Å². The Morgan fingerprint density at radius 3 is 2.54 bits per heavy atom. The van der Waals surface area contributed by atoms with Crippen LogP contribution in [0.5, 0.6) is 11.6 Å². The molecule has 4 rings (SSSR count). The summed E-state index contributed by atoms with van der Waals surface area (Å²) in [6, 6.07) is 12.1. The van der Waals surface area contributed by atoms with Gasteiger partial charge in [-0.3, -0.25) is 4.98 Å². The van der Waals surface area contributed by atoms with E-state index in [0.717, 1.165) is 0 Å². The lowest BCUT2D eigenvalue weighted by molar-refractivity contribution is 0.0688. The predicted molar refractivity (Wildman–Crippen MR) is 105 cm³/mol. The highest BCUT2D eigenvalue weighted by Crippen LogP contribution is 2.27. The van der Waals surface area contributed by atoms with Gasteiger partial charge in [0.15, 0.2) is 0 Å². The van der Waals surface area contributed by atoms with Crippen LogP contribution in [0.3, 0.4) is 0 Å². The molecule has 0 saturated heterocycles. The molecule has 0 amide bonds. The number of hydrogen-bond donors (Lipinski definition) is 2. The Bertz CT molecular complexity index is 1270. The highest BCUT2D eigenvalue weighted by atomic mass is 79.9. The van der Waals surface area contributed by atoms with Gasteiger partial charge in [-0.1, -0.05) is 22.0 Å². The smallest absolute Gasteiger partial charge is 0.345 e. The van der Waals surface area contributed by atoms with Crippen molar-refractivity contribution in [3.63, 3.8) is 0 Å². The molecule has 2 aromatic heterocycles. The number of hydrogen-bond acceptors (Lipinski definition) is 6. The minimum Gasteiger partial charge on any atom is -0.508 e. The fourth-order valence-corrected chi connectivity index (χ4v) is 3.22. The molecular weight excluding hydrogens is 428 g/mol. The Labute approximate surface area is 166 Å². The number of benzene rings is 2. The molecule has 138 valence electrons. The number of carboxylic acids is 1. The van der Waals surface area contributed by atoms with E-state index in [9.17, 15) is 19.8 Å². The Kier molecular flexibility index (Phi) is 4.40. The van der Waals surface area contributed by atoms with Gasteiger partial charge in [-0.25, -0.2) is 14.6 Å². The average Bonchev–Trinajstić information content (AvgIpc) is 2.66. The summed E-state index contributed by atoms with van der Waals surface area (Å²) in [6.07, 6.45) is 1.45. The Balaban J connectivity index is 1.79. The molecule has 0 spiro atoms. The molecule has 0 aliphatic heterocycles. The summed E-state index contributed by atoms with van der Waals surface area (Å²) in [4.78, 5) is 32.7. The molecule has 0 atom stereocenters. The fraction of sp³-hybridized carbons (Fsp3) is 0. The van der Waals surface area contributed by atoms with Crippen LogP contribution < -0.4 is 4.74 Å². The van der Waals surface area contributed by atoms with E-state index < -0.39 is 11.9 Å². The number of aromatic nitrogens is 2. The van der Waals surface area contributed by atoms with Gasteiger partial charge in [-0.05, 0) is 36.4 Å². The number of phenols is 1. The van der Waals surface area contributed by atoms with Crippen LogP contribution in [0.2, 0.25) is 0 Å². The SMILES string of the molecule is O=C(O)c1cc(OC(=O)c2ccnc3ccc(O)cc23)nc2cc(Br)ccc12. The van der Waals surface area contributed by atoms with Crippen molar-refractivity contribution in [1.29, 1.82) is 0 Å². The van der Waals surface area contributed by atoms with Gasteiger partial charge in [0.05, 0.1) is 22.2 Å². The van der Waals surface area contributed by atoms with Crippen LogP contribution in [0.4, 0.5) is 0 Å². The molecule has 0 unspecified atom stereocenters. The molecular formula is C20H11BrN2O5. The maximum Gasteiger partial charge on any atom is 0.345 e. The second-order valence-corrected chi connectivity index (χ2v) is 6.84. The molecule has 0 radical (unpaired) electrons. The molecule has 0 bridgehead atoms. The zero-order chi connectivity index (χ0) is 19.8. The van der Waals surface area contributed by atoms with E-state index in [4.69, 9.17) is 4.74 Å². The second kappa shape index (κ2) is 6.90. The number of halogens is 1. The number of phenolic OH excluding ortho intramolecular Hbond substituents is 1. The molecule has 0 fully saturated rings. The third-order valence-corrected chi connectivity index (χ3v) is 4.61. The average molecular weight is 439 g/mol. The van der Waals surface area contributed by atoms with Crippen molar-refractivity contribution in [3.8, 4) is 11.6 Å². The van der Waals surface area contributed by atoms with Crippen LogP contribution in [0.15, 0.2) is 59.2 Å². The van der Waals surface area contributed by atoms with Crippen LogP contribution >= 0.6 is 15.9 Å². The van der Waals surface area contributed by atoms with Gasteiger partial charge in [0, 0.05) is 27.5 Å². The number of pyridine rings is 2. The standard InChI is InChI=1S/C20H11BrN2O5/c21-10-1-3-12-15(19(25)26)9-18(23-17(12)7-10)28-20(27)13-5-6-22-16-4-2-11(24)8-14(13)16/h1-9,24H,(H,25,26). The maximum atomic E-state index is 12.7. The first-order valence-electron chi connectivity index (χ1n) is 8.06. The van der Waals surface area contributed by atoms with Gasteiger partial charge in [0.1, 0.15) is 5.75 Å². The summed E-state index contributed by atoms with van der Waals surface area (Å²) in [5.41, 5.74) is 1.02. The van der Waals surface area contributed by atoms with Gasteiger partial charge < -0.3 is 14.9 Å². The number of rotatable bonds is 3. The summed E-state index contributed by atoms with van der Waals surface area (Å²) < 4.78 is 6.06. The number of esters is 1. The molecule has 4 aromatic rings. The second-order valence-electron chi connectivity index (χ2n) is 5.92. The summed E-state index contributed by atoms with van der Waals surface area (Å²) in [7, 11) is 0. The zero-order valence-electron chi connectivity index (χ0n) is 14.1. The monoisotopic (exact) mass is 438 g/mol. The molecule has 0 saturated carbocycles. The van der Waals surface area contributed by atoms with Crippen molar-refractivity contribution in [2.45, 2.75) is 0 Å². The molecule has 2 heterocycles. The normalized spacial score (nSPS) is 10.9. The first kappa shape index (κ1) is 17.9. The molecule has 28 heavy (non-hydrogen) atoms. The lowest BCUT2D eigenvalue weighted by atomic mass is 10.1. The van der Waals surface area contributed by atoms with Gasteiger partial charge in [0.25, 0.3) is 0 Å². The lowest BCUT2D eigenvalue weighted by Crippen LogP contribution is -2.11. The predicted octanol–water partition coefficient (Wildman–Crippen LogP) is 4.17. The van der Waals surface area contributed by atoms with E-state index >= 15 is 0 Å². The van der Waals surface area contributed by atoms with Crippen molar-refractivity contribution in [2.75, 3.05) is 0 Å². The summed E-state index contributed by atoms with van der Waals surface area (Å²) >= 11 is 3.31. The number of ether oxygens (including phenoxy) is 1. The Morgan fingerprint density at radius 2 is 1.75 bits per heavy atom. The van der Waals surface area contributed by atoms with Crippen LogP contribution in [0, 0.1) is 0 Å². The van der Waals surface area contributed by atoms with E-state index in [2.05, 4.69) is 25.9 Å². The highest BCUT2D eigenvalue weighted by molar-refractivity contribution is 9.10. The first-order chi connectivity index (χ1) is 13.4. The molecule has 0 aliphatic carbocycles. The quantitative estimate of drug-likeness (QED) is 0.461. The fourth-order valence-electron chi connectivity index (χ4n) is 2.87. The number of carbonyl (C=O) groups is 2. The van der Waals surface area contributed by atoms with Gasteiger partial charge in [0.2, 0.25) is 5.88 Å². The molecule has 8 heteroatoms. The minimum atomic E-state index is -1.16. The third kappa shape index (κ3) is 3.25. The van der Waals surface area contributed by atoms with Crippen molar-refractivity contribution in [2.24, 2.45) is 0 Å². The number of aromatic hydroxyl groups is 1. The molecule has 0 aliphatic rings. The van der Waals surface area contributed by atoms with E-state index in [1.165, 1.54) is 30.5 Å². The van der Waals surface area contributed by atoms with E-state index in [1.807, 2.05) is 0 Å². The van der Waals surface area contributed by atoms with Crippen LogP contribution in [0.1, 0.15) is 20.7 Å². The van der Waals surface area contributed by atoms with Gasteiger partial charge >= 0.3 is 11.9 Å². The zero-order valence-corrected chi connectivity index (χ0v) is 15.7. The van der Waals surface area contributed by atoms with E-state index in [0.29, 0.717) is 26.3 Å². The summed E-state index contributed by atoms with van der Waals surface area (Å²) in [6.45, 7) is 0. The van der Waals surface area contributed by atoms with Crippen LogP contribution in [-0.2, 0) is 0 Å². The summed E-state index contributed by atoms with van der Waals surface area (Å²) in [5.74, 6) is -2.06. The van der Waals surface area contributed by atoms with Gasteiger partial charge in [-0.2, -0.15) is 0 Å². The van der Waals surface area contributed by atoms with E-state index in [1.54, 1.807) is 24.3 Å². The van der Waals surface area contributed by atoms with Gasteiger partial charge in [-0.15, -0.1) is 0 Å². The number of nitrogens with zero attached hydrogens (tertiary/aromatic N) is 2. The van der Waals surface area contributed by atoms with Crippen molar-refractivity contribution < 1.29 is 24.5 Å². The molecule has 2 aromatic carbocycles. The topological polar surface area (TPSA) is 110 Å². The number of fused-ring (bicyclic) bond motifs is 2. The number of carbonyl (C=O) groups excluding carboxylic acids is 1. The minimum absolute atomic E-state index is 0.0172. The highest BCUT2D eigenvalue weighted by Gasteiger charge is 2.18. The van der Waals surface area contributed by atoms with Crippen LogP contribution in [0.25, 0.3) is 21.8 Å². The Morgan fingerprint density at radius 1 is 0.929 bits per heavy atom. The number of carboxylic acid groups (broad SMARTS) is 1. The first-order valence-corrected chi connectivity index (χ1v) is 8.85. The summed E-state index contributed by atoms with van der Waals surface area (Å²) in [5, 5.41) is 20.0. The van der Waals surface area contributed by atoms with E-state index in [-0.39, 0.29) is 22.8 Å². The maximum absolute atomic E-state index is 12.7. The van der Waals surface area contributed by atoms with Crippen molar-refractivity contribution in [1.82, 2.24) is 9.97 Å². The Hall–Kier alpha value is -3.52. The molecule has 2 N–H and O–H groups in total. The third-order valence-electron chi connectivity index (χ3n) is 4.12. The largest absolute Gasteiger partial charge is 0.508 e. The molecule has 7 nitrogen and oxygen atoms in total. The van der Waals surface area contributed by atoms with Crippen molar-refractivity contribution in [3.05, 3.63) is 70.3 Å². The lowest BCUT2D eigenvalue weighted by Gasteiger charge is -2.09. The number of aromatic carboxylic acids is 1.